The van der Waals surface area contributed by atoms with Gasteiger partial charge in [0.25, 0.3) is 0 Å². The predicted octanol–water partition coefficient (Wildman–Crippen LogP) is 5.32. The molecule has 0 unspecified atom stereocenters. The molecular weight excluding hydrogens is 350 g/mol. The maximum Gasteiger partial charge on any atom is 0.231 e. The lowest BCUT2D eigenvalue weighted by atomic mass is 10.1. The van der Waals surface area contributed by atoms with E-state index in [0.29, 0.717) is 11.7 Å². The summed E-state index contributed by atoms with van der Waals surface area (Å²) in [5, 5.41) is 9.84. The van der Waals surface area contributed by atoms with Crippen LogP contribution in [0.4, 0.5) is 0 Å². The van der Waals surface area contributed by atoms with Gasteiger partial charge in [-0.25, -0.2) is 0 Å². The molecule has 0 spiro atoms. The summed E-state index contributed by atoms with van der Waals surface area (Å²) in [6.07, 6.45) is 7.31. The maximum atomic E-state index is 5.92. The van der Waals surface area contributed by atoms with Crippen molar-refractivity contribution in [1.82, 2.24) is 15.5 Å². The minimum atomic E-state index is 0.336. The first kappa shape index (κ1) is 18.9. The molecule has 0 amide bonds. The molecule has 4 rings (SSSR count). The van der Waals surface area contributed by atoms with Crippen LogP contribution in [0.1, 0.15) is 57.3 Å². The Morgan fingerprint density at radius 1 is 1.07 bits per heavy atom. The van der Waals surface area contributed by atoms with Crippen molar-refractivity contribution in [2.24, 2.45) is 0 Å². The van der Waals surface area contributed by atoms with E-state index in [2.05, 4.69) is 52.7 Å². The fourth-order valence-electron chi connectivity index (χ4n) is 3.73. The monoisotopic (exact) mass is 379 g/mol. The molecule has 0 bridgehead atoms. The molecule has 148 valence electrons. The molecule has 1 fully saturated rings. The average Bonchev–Trinajstić information content (AvgIpc) is 3.42. The number of hydrogen-bond donors (Lipinski definition) is 1. The molecular formula is C23H29N3O2. The van der Waals surface area contributed by atoms with Gasteiger partial charge in [-0.05, 0) is 48.4 Å². The van der Waals surface area contributed by atoms with E-state index in [-0.39, 0.29) is 0 Å². The standard InChI is InChI=1S/C23H29N3O2/c1-2-3-4-5-6-13-27-21-10-9-17-14-19(8-7-18(17)15-21)22-25-23(28-26-22)20-11-12-24-16-20/h7-10,14-15,20,24H,2-6,11-13,16H2,1H3/t20-/m1/s1. The molecule has 1 aliphatic heterocycles. The van der Waals surface area contributed by atoms with Crippen LogP contribution in [0.15, 0.2) is 40.9 Å². The first-order valence-electron chi connectivity index (χ1n) is 10.5. The highest BCUT2D eigenvalue weighted by molar-refractivity contribution is 5.87. The minimum absolute atomic E-state index is 0.336. The van der Waals surface area contributed by atoms with E-state index in [9.17, 15) is 0 Å². The summed E-state index contributed by atoms with van der Waals surface area (Å²) in [5.41, 5.74) is 0.984. The van der Waals surface area contributed by atoms with Crippen LogP contribution in [0.5, 0.6) is 5.75 Å². The quantitative estimate of drug-likeness (QED) is 0.510. The van der Waals surface area contributed by atoms with Gasteiger partial charge in [0.1, 0.15) is 5.75 Å². The van der Waals surface area contributed by atoms with Crippen molar-refractivity contribution >= 4 is 10.8 Å². The van der Waals surface area contributed by atoms with Gasteiger partial charge in [-0.15, -0.1) is 0 Å². The largest absolute Gasteiger partial charge is 0.494 e. The number of benzene rings is 2. The van der Waals surface area contributed by atoms with Gasteiger partial charge >= 0.3 is 0 Å². The lowest BCUT2D eigenvalue weighted by molar-refractivity contribution is 0.305. The molecule has 0 aliphatic carbocycles. The highest BCUT2D eigenvalue weighted by Gasteiger charge is 2.23. The Bertz CT molecular complexity index is 900. The molecule has 0 radical (unpaired) electrons. The Balaban J connectivity index is 1.40. The van der Waals surface area contributed by atoms with Crippen LogP contribution < -0.4 is 10.1 Å². The van der Waals surface area contributed by atoms with Crippen molar-refractivity contribution in [1.29, 1.82) is 0 Å². The lowest BCUT2D eigenvalue weighted by Crippen LogP contribution is -2.08. The topological polar surface area (TPSA) is 60.2 Å². The summed E-state index contributed by atoms with van der Waals surface area (Å²) in [5.74, 6) is 2.67. The van der Waals surface area contributed by atoms with E-state index in [1.165, 1.54) is 25.7 Å². The van der Waals surface area contributed by atoms with Gasteiger partial charge in [0.05, 0.1) is 12.5 Å². The molecule has 3 aromatic rings. The zero-order chi connectivity index (χ0) is 19.2. The number of fused-ring (bicyclic) bond motifs is 1. The lowest BCUT2D eigenvalue weighted by Gasteiger charge is -2.08. The first-order chi connectivity index (χ1) is 13.8. The summed E-state index contributed by atoms with van der Waals surface area (Å²) in [7, 11) is 0. The molecule has 0 saturated carbocycles. The third-order valence-corrected chi connectivity index (χ3v) is 5.44. The van der Waals surface area contributed by atoms with Gasteiger partial charge in [0, 0.05) is 12.1 Å². The SMILES string of the molecule is CCCCCCCOc1ccc2cc(-c3noc([C@@H]4CCNC4)n3)ccc2c1. The summed E-state index contributed by atoms with van der Waals surface area (Å²) < 4.78 is 11.4. The van der Waals surface area contributed by atoms with E-state index >= 15 is 0 Å². The van der Waals surface area contributed by atoms with Crippen molar-refractivity contribution in [3.63, 3.8) is 0 Å². The Morgan fingerprint density at radius 3 is 2.79 bits per heavy atom. The number of hydrogen-bond acceptors (Lipinski definition) is 5. The number of rotatable bonds is 9. The third-order valence-electron chi connectivity index (χ3n) is 5.44. The summed E-state index contributed by atoms with van der Waals surface area (Å²) in [6.45, 7) is 4.96. The fourth-order valence-corrected chi connectivity index (χ4v) is 3.73. The smallest absolute Gasteiger partial charge is 0.231 e. The third kappa shape index (κ3) is 4.53. The van der Waals surface area contributed by atoms with E-state index in [1.807, 2.05) is 6.07 Å². The Kier molecular flexibility index (Phi) is 6.22. The number of ether oxygens (including phenoxy) is 1. The molecule has 1 saturated heterocycles. The molecule has 1 aromatic heterocycles. The van der Waals surface area contributed by atoms with Crippen molar-refractivity contribution in [2.45, 2.75) is 51.4 Å². The number of aromatic nitrogens is 2. The minimum Gasteiger partial charge on any atom is -0.494 e. The van der Waals surface area contributed by atoms with E-state index < -0.39 is 0 Å². The van der Waals surface area contributed by atoms with Gasteiger partial charge in [-0.3, -0.25) is 0 Å². The second kappa shape index (κ2) is 9.20. The zero-order valence-electron chi connectivity index (χ0n) is 16.6. The van der Waals surface area contributed by atoms with Gasteiger partial charge in [-0.1, -0.05) is 56.0 Å². The molecule has 2 aromatic carbocycles. The van der Waals surface area contributed by atoms with E-state index in [1.54, 1.807) is 0 Å². The van der Waals surface area contributed by atoms with E-state index in [0.717, 1.165) is 60.5 Å². The summed E-state index contributed by atoms with van der Waals surface area (Å²) in [6, 6.07) is 12.5. The second-order valence-corrected chi connectivity index (χ2v) is 7.63. The predicted molar refractivity (Wildman–Crippen MR) is 112 cm³/mol. The molecule has 5 heteroatoms. The average molecular weight is 380 g/mol. The molecule has 5 nitrogen and oxygen atoms in total. The van der Waals surface area contributed by atoms with Crippen LogP contribution in [0.25, 0.3) is 22.2 Å². The van der Waals surface area contributed by atoms with Crippen molar-refractivity contribution in [2.75, 3.05) is 19.7 Å². The summed E-state index contributed by atoms with van der Waals surface area (Å²) >= 11 is 0. The first-order valence-corrected chi connectivity index (χ1v) is 10.5. The Hall–Kier alpha value is -2.40. The fraction of sp³-hybridized carbons (Fsp3) is 0.478. The van der Waals surface area contributed by atoms with Gasteiger partial charge in [0.2, 0.25) is 11.7 Å². The normalized spacial score (nSPS) is 16.7. The number of unbranched alkanes of at least 4 members (excludes halogenated alkanes) is 4. The van der Waals surface area contributed by atoms with Crippen LogP contribution in [0, 0.1) is 0 Å². The van der Waals surface area contributed by atoms with Crippen molar-refractivity contribution < 1.29 is 9.26 Å². The highest BCUT2D eigenvalue weighted by atomic mass is 16.5. The highest BCUT2D eigenvalue weighted by Crippen LogP contribution is 2.28. The Labute approximate surface area is 166 Å². The van der Waals surface area contributed by atoms with Crippen LogP contribution in [-0.2, 0) is 0 Å². The molecule has 1 aliphatic rings. The van der Waals surface area contributed by atoms with Crippen molar-refractivity contribution in [3.8, 4) is 17.1 Å². The van der Waals surface area contributed by atoms with E-state index in [4.69, 9.17) is 9.26 Å². The Morgan fingerprint density at radius 2 is 1.93 bits per heavy atom. The molecule has 1 N–H and O–H groups in total. The zero-order valence-corrected chi connectivity index (χ0v) is 16.6. The molecule has 28 heavy (non-hydrogen) atoms. The molecule has 2 heterocycles. The van der Waals surface area contributed by atoms with Crippen LogP contribution in [0.2, 0.25) is 0 Å². The van der Waals surface area contributed by atoms with Crippen LogP contribution >= 0.6 is 0 Å². The summed E-state index contributed by atoms with van der Waals surface area (Å²) in [4.78, 5) is 4.62. The van der Waals surface area contributed by atoms with Crippen molar-refractivity contribution in [3.05, 3.63) is 42.3 Å². The van der Waals surface area contributed by atoms with Crippen LogP contribution in [-0.4, -0.2) is 29.8 Å². The number of nitrogens with zero attached hydrogens (tertiary/aromatic N) is 2. The van der Waals surface area contributed by atoms with Gasteiger partial charge in [0.15, 0.2) is 0 Å². The number of nitrogens with one attached hydrogen (secondary N) is 1. The van der Waals surface area contributed by atoms with Crippen LogP contribution in [0.3, 0.4) is 0 Å². The maximum absolute atomic E-state index is 5.92. The second-order valence-electron chi connectivity index (χ2n) is 7.63. The van der Waals surface area contributed by atoms with Gasteiger partial charge < -0.3 is 14.6 Å². The molecule has 1 atom stereocenters. The van der Waals surface area contributed by atoms with Gasteiger partial charge in [-0.2, -0.15) is 4.98 Å².